The third kappa shape index (κ3) is 7.32. The summed E-state index contributed by atoms with van der Waals surface area (Å²) in [6, 6.07) is 9.10. The summed E-state index contributed by atoms with van der Waals surface area (Å²) in [4.78, 5) is 12.2. The van der Waals surface area contributed by atoms with Gasteiger partial charge in [-0.25, -0.2) is 4.79 Å². The van der Waals surface area contributed by atoms with Crippen LogP contribution in [-0.2, 0) is 23.8 Å². The highest BCUT2D eigenvalue weighted by atomic mass is 35.5. The third-order valence-corrected chi connectivity index (χ3v) is 5.20. The quantitative estimate of drug-likeness (QED) is 0.374. The fraction of sp³-hybridized carbons (Fsp3) is 0.588. The second-order valence-electron chi connectivity index (χ2n) is 6.45. The Labute approximate surface area is 154 Å². The Hall–Kier alpha value is -1.15. The van der Waals surface area contributed by atoms with Crippen LogP contribution in [0.5, 0.6) is 0 Å². The zero-order valence-corrected chi connectivity index (χ0v) is 16.2. The van der Waals surface area contributed by atoms with E-state index in [1.165, 1.54) is 13.8 Å². The number of aliphatic hydroxyl groups excluding tert-OH is 1. The van der Waals surface area contributed by atoms with Gasteiger partial charge in [0, 0.05) is 11.3 Å². The van der Waals surface area contributed by atoms with Crippen LogP contribution >= 0.6 is 11.6 Å². The van der Waals surface area contributed by atoms with Gasteiger partial charge in [0.15, 0.2) is 6.10 Å². The molecular weight excluding hydrogens is 368 g/mol. The van der Waals surface area contributed by atoms with Gasteiger partial charge in [-0.05, 0) is 18.9 Å². The molecule has 1 aromatic rings. The molecule has 0 amide bonds. The maximum absolute atomic E-state index is 12.2. The Balaban J connectivity index is 2.63. The van der Waals surface area contributed by atoms with Crippen LogP contribution < -0.4 is 0 Å². The number of benzene rings is 1. The van der Waals surface area contributed by atoms with Gasteiger partial charge in [-0.1, -0.05) is 44.2 Å². The number of carbonyl (C=O) groups excluding carboxylic acids is 1. The molecule has 1 N–H and O–H groups in total. The second-order valence-corrected chi connectivity index (χ2v) is 8.58. The largest absolute Gasteiger partial charge is 0.456 e. The Morgan fingerprint density at radius 1 is 1.28 bits per heavy atom. The lowest BCUT2D eigenvalue weighted by atomic mass is 9.87. The van der Waals surface area contributed by atoms with Crippen molar-refractivity contribution in [1.29, 1.82) is 0 Å². The Morgan fingerprint density at radius 2 is 1.88 bits per heavy atom. The molecule has 0 aliphatic heterocycles. The number of alkyl halides is 1. The highest BCUT2D eigenvalue weighted by molar-refractivity contribution is 7.86. The molecule has 0 fully saturated rings. The third-order valence-electron chi connectivity index (χ3n) is 3.66. The number of carbonyl (C=O) groups is 1. The molecule has 2 atom stereocenters. The predicted octanol–water partition coefficient (Wildman–Crippen LogP) is 2.65. The molecule has 0 aromatic heterocycles. The monoisotopic (exact) mass is 392 g/mol. The molecular formula is C17H25ClO6S. The summed E-state index contributed by atoms with van der Waals surface area (Å²) in [6.45, 7) is 4.42. The molecule has 6 nitrogen and oxygen atoms in total. The van der Waals surface area contributed by atoms with Crippen molar-refractivity contribution in [3.05, 3.63) is 35.9 Å². The van der Waals surface area contributed by atoms with Crippen LogP contribution in [0.25, 0.3) is 0 Å². The number of aliphatic hydroxyl groups is 1. The SMILES string of the molecule is CC(OC(=O)[C@H](O)C(C)(C)COS(=O)(=O)CCCCl)c1ccccc1. The van der Waals surface area contributed by atoms with E-state index in [2.05, 4.69) is 0 Å². The molecule has 0 aliphatic carbocycles. The number of rotatable bonds is 10. The summed E-state index contributed by atoms with van der Waals surface area (Å²) in [6.07, 6.45) is -1.79. The molecule has 8 heteroatoms. The average Bonchev–Trinajstić information content (AvgIpc) is 2.58. The van der Waals surface area contributed by atoms with Gasteiger partial charge in [-0.3, -0.25) is 4.18 Å². The Kier molecular flexibility index (Phi) is 8.34. The zero-order valence-electron chi connectivity index (χ0n) is 14.6. The van der Waals surface area contributed by atoms with Crippen molar-refractivity contribution in [3.63, 3.8) is 0 Å². The van der Waals surface area contributed by atoms with Gasteiger partial charge in [-0.15, -0.1) is 11.6 Å². The zero-order chi connectivity index (χ0) is 19.1. The lowest BCUT2D eigenvalue weighted by Gasteiger charge is -2.29. The van der Waals surface area contributed by atoms with Crippen LogP contribution in [0.1, 0.15) is 38.9 Å². The molecule has 0 bridgehead atoms. The molecule has 0 radical (unpaired) electrons. The summed E-state index contributed by atoms with van der Waals surface area (Å²) >= 11 is 5.47. The van der Waals surface area contributed by atoms with E-state index >= 15 is 0 Å². The van der Waals surface area contributed by atoms with Crippen molar-refractivity contribution in [2.75, 3.05) is 18.2 Å². The van der Waals surface area contributed by atoms with Crippen molar-refractivity contribution >= 4 is 27.7 Å². The van der Waals surface area contributed by atoms with E-state index < -0.39 is 33.7 Å². The fourth-order valence-corrected chi connectivity index (χ4v) is 3.35. The van der Waals surface area contributed by atoms with Crippen molar-refractivity contribution in [3.8, 4) is 0 Å². The van der Waals surface area contributed by atoms with E-state index in [9.17, 15) is 18.3 Å². The van der Waals surface area contributed by atoms with E-state index in [1.54, 1.807) is 6.92 Å². The molecule has 1 aromatic carbocycles. The van der Waals surface area contributed by atoms with Gasteiger partial charge in [0.25, 0.3) is 10.1 Å². The van der Waals surface area contributed by atoms with E-state index in [0.29, 0.717) is 0 Å². The number of esters is 1. The molecule has 0 spiro atoms. The first kappa shape index (κ1) is 21.9. The first-order valence-electron chi connectivity index (χ1n) is 7.95. The van der Waals surface area contributed by atoms with Crippen molar-refractivity contribution in [1.82, 2.24) is 0 Å². The summed E-state index contributed by atoms with van der Waals surface area (Å²) in [7, 11) is -3.75. The molecule has 0 saturated heterocycles. The molecule has 0 aliphatic rings. The standard InChI is InChI=1S/C17H25ClO6S/c1-13(14-8-5-4-6-9-14)24-16(20)15(19)17(2,3)12-23-25(21,22)11-7-10-18/h4-6,8-9,13,15,19H,7,10-12H2,1-3H3/t13?,15-/m0/s1. The van der Waals surface area contributed by atoms with Gasteiger partial charge in [0.05, 0.1) is 12.4 Å². The van der Waals surface area contributed by atoms with Crippen LogP contribution in [0.3, 0.4) is 0 Å². The minimum atomic E-state index is -3.75. The minimum absolute atomic E-state index is 0.207. The topological polar surface area (TPSA) is 89.9 Å². The highest BCUT2D eigenvalue weighted by Crippen LogP contribution is 2.26. The van der Waals surface area contributed by atoms with Crippen molar-refractivity contribution in [2.45, 2.75) is 39.4 Å². The number of ether oxygens (including phenoxy) is 1. The molecule has 1 unspecified atom stereocenters. The summed E-state index contributed by atoms with van der Waals surface area (Å²) in [5.74, 6) is -0.834. The number of hydrogen-bond acceptors (Lipinski definition) is 6. The summed E-state index contributed by atoms with van der Waals surface area (Å²) < 4.78 is 33.6. The Bertz CT molecular complexity index is 644. The fourth-order valence-electron chi connectivity index (χ4n) is 1.96. The van der Waals surface area contributed by atoms with Crippen LogP contribution in [0.2, 0.25) is 0 Å². The van der Waals surface area contributed by atoms with Gasteiger partial charge >= 0.3 is 5.97 Å². The van der Waals surface area contributed by atoms with Gasteiger partial charge in [-0.2, -0.15) is 8.42 Å². The van der Waals surface area contributed by atoms with Crippen molar-refractivity contribution in [2.24, 2.45) is 5.41 Å². The average molecular weight is 393 g/mol. The molecule has 142 valence electrons. The lowest BCUT2D eigenvalue weighted by Crippen LogP contribution is -2.41. The van der Waals surface area contributed by atoms with E-state index in [4.69, 9.17) is 20.5 Å². The molecule has 0 heterocycles. The number of hydrogen-bond donors (Lipinski definition) is 1. The van der Waals surface area contributed by atoms with Crippen LogP contribution in [0, 0.1) is 5.41 Å². The van der Waals surface area contributed by atoms with Crippen molar-refractivity contribution < 1.29 is 27.2 Å². The van der Waals surface area contributed by atoms with Gasteiger partial charge in [0.1, 0.15) is 6.10 Å². The second kappa shape index (κ2) is 9.52. The van der Waals surface area contributed by atoms with Crippen LogP contribution in [0.15, 0.2) is 30.3 Å². The maximum Gasteiger partial charge on any atom is 0.336 e. The predicted molar refractivity (Wildman–Crippen MR) is 95.8 cm³/mol. The van der Waals surface area contributed by atoms with E-state index in [1.807, 2.05) is 30.3 Å². The summed E-state index contributed by atoms with van der Waals surface area (Å²) in [5, 5.41) is 10.2. The minimum Gasteiger partial charge on any atom is -0.456 e. The number of halogens is 1. The first-order valence-corrected chi connectivity index (χ1v) is 10.1. The van der Waals surface area contributed by atoms with E-state index in [-0.39, 0.29) is 24.7 Å². The molecule has 0 saturated carbocycles. The van der Waals surface area contributed by atoms with Crippen LogP contribution in [-0.4, -0.2) is 43.8 Å². The lowest BCUT2D eigenvalue weighted by molar-refractivity contribution is -0.166. The molecule has 1 rings (SSSR count). The van der Waals surface area contributed by atoms with E-state index in [0.717, 1.165) is 5.56 Å². The summed E-state index contributed by atoms with van der Waals surface area (Å²) in [5.41, 5.74) is -0.345. The van der Waals surface area contributed by atoms with Gasteiger partial charge in [0.2, 0.25) is 0 Å². The van der Waals surface area contributed by atoms with Crippen LogP contribution in [0.4, 0.5) is 0 Å². The molecule has 25 heavy (non-hydrogen) atoms. The smallest absolute Gasteiger partial charge is 0.336 e. The normalized spacial score (nSPS) is 14.8. The Morgan fingerprint density at radius 3 is 2.44 bits per heavy atom. The maximum atomic E-state index is 12.2. The van der Waals surface area contributed by atoms with Gasteiger partial charge < -0.3 is 9.84 Å². The first-order chi connectivity index (χ1) is 11.6. The highest BCUT2D eigenvalue weighted by Gasteiger charge is 2.37.